The molecule has 2 N–H and O–H groups in total. The first kappa shape index (κ1) is 12.9. The molecular formula is C10H10N3O3S-. The molecule has 0 bridgehead atoms. The topological polar surface area (TPSA) is 90.3 Å². The van der Waals surface area contributed by atoms with Crippen LogP contribution in [0.3, 0.4) is 0 Å². The minimum atomic E-state index is -0.579. The maximum atomic E-state index is 11.4. The Balaban J connectivity index is 2.82. The smallest absolute Gasteiger partial charge is 0.271 e. The average Bonchev–Trinajstić information content (AvgIpc) is 2.29. The molecule has 0 aliphatic heterocycles. The van der Waals surface area contributed by atoms with Gasteiger partial charge in [-0.3, -0.25) is 10.1 Å². The molecule has 0 saturated carbocycles. The van der Waals surface area contributed by atoms with E-state index in [4.69, 9.17) is 12.2 Å². The molecule has 0 aromatic heterocycles. The molecule has 17 heavy (non-hydrogen) atoms. The molecule has 0 radical (unpaired) electrons. The van der Waals surface area contributed by atoms with Gasteiger partial charge >= 0.3 is 0 Å². The van der Waals surface area contributed by atoms with Gasteiger partial charge in [0.1, 0.15) is 0 Å². The van der Waals surface area contributed by atoms with E-state index in [-0.39, 0.29) is 22.2 Å². The second-order valence-electron chi connectivity index (χ2n) is 3.06. The summed E-state index contributed by atoms with van der Waals surface area (Å²) < 4.78 is 0. The second-order valence-corrected chi connectivity index (χ2v) is 3.47. The van der Waals surface area contributed by atoms with E-state index in [2.05, 4.69) is 17.2 Å². The van der Waals surface area contributed by atoms with Crippen molar-refractivity contribution in [3.05, 3.63) is 41.0 Å². The fraction of sp³-hybridized carbons (Fsp3) is 0.100. The third-order valence-corrected chi connectivity index (χ3v) is 2.08. The van der Waals surface area contributed by atoms with Crippen molar-refractivity contribution in [2.24, 2.45) is 0 Å². The molecule has 0 atom stereocenters. The summed E-state index contributed by atoms with van der Waals surface area (Å²) in [5.41, 5.74) is -0.0978. The van der Waals surface area contributed by atoms with Crippen LogP contribution in [0.4, 0.5) is 11.4 Å². The van der Waals surface area contributed by atoms with E-state index in [1.54, 1.807) is 6.08 Å². The van der Waals surface area contributed by atoms with Gasteiger partial charge < -0.3 is 15.7 Å². The number of nitrogens with one attached hydrogen (secondary N) is 2. The maximum absolute atomic E-state index is 11.4. The molecule has 0 amide bonds. The zero-order valence-corrected chi connectivity index (χ0v) is 9.62. The van der Waals surface area contributed by atoms with Gasteiger partial charge in [0, 0.05) is 24.4 Å². The summed E-state index contributed by atoms with van der Waals surface area (Å²) in [5.74, 6) is -0.363. The van der Waals surface area contributed by atoms with Gasteiger partial charge in [0.05, 0.1) is 4.92 Å². The van der Waals surface area contributed by atoms with Gasteiger partial charge in [-0.1, -0.05) is 17.9 Å². The van der Waals surface area contributed by atoms with Crippen LogP contribution in [0.2, 0.25) is 0 Å². The quantitative estimate of drug-likeness (QED) is 0.361. The van der Waals surface area contributed by atoms with Crippen LogP contribution in [0.5, 0.6) is 5.75 Å². The standard InChI is InChI=1S/C10H11N3O3S/c1-2-5-11-10(17)12-8-6-7(13(15)16)3-4-9(8)14/h2-4,6,14H,1,5H2,(H2,11,12,17)/p-1. The van der Waals surface area contributed by atoms with Crippen LogP contribution in [0.15, 0.2) is 30.9 Å². The van der Waals surface area contributed by atoms with Crippen molar-refractivity contribution in [3.63, 3.8) is 0 Å². The van der Waals surface area contributed by atoms with Crippen molar-refractivity contribution in [1.29, 1.82) is 0 Å². The predicted molar refractivity (Wildman–Crippen MR) is 67.0 cm³/mol. The zero-order chi connectivity index (χ0) is 12.8. The number of rotatable bonds is 4. The predicted octanol–water partition coefficient (Wildman–Crippen LogP) is 1.14. The molecule has 0 aliphatic carbocycles. The van der Waals surface area contributed by atoms with Crippen molar-refractivity contribution >= 4 is 28.7 Å². The molecule has 1 aromatic rings. The first-order chi connectivity index (χ1) is 8.04. The number of thiocarbonyl (C=S) groups is 1. The second kappa shape index (κ2) is 5.80. The largest absolute Gasteiger partial charge is 0.871 e. The number of nitro groups is 1. The summed E-state index contributed by atoms with van der Waals surface area (Å²) in [7, 11) is 0. The Labute approximate surface area is 103 Å². The highest BCUT2D eigenvalue weighted by atomic mass is 32.1. The lowest BCUT2D eigenvalue weighted by Crippen LogP contribution is -2.28. The van der Waals surface area contributed by atoms with E-state index < -0.39 is 4.92 Å². The lowest BCUT2D eigenvalue weighted by Gasteiger charge is -2.15. The molecule has 0 aliphatic rings. The van der Waals surface area contributed by atoms with Gasteiger partial charge in [0.25, 0.3) is 5.69 Å². The zero-order valence-electron chi connectivity index (χ0n) is 8.80. The highest BCUT2D eigenvalue weighted by Crippen LogP contribution is 2.25. The minimum absolute atomic E-state index is 0.0702. The third kappa shape index (κ3) is 3.72. The van der Waals surface area contributed by atoms with Crippen LogP contribution in [-0.2, 0) is 0 Å². The van der Waals surface area contributed by atoms with Crippen molar-refractivity contribution in [2.45, 2.75) is 0 Å². The van der Waals surface area contributed by atoms with Crippen LogP contribution in [0, 0.1) is 10.1 Å². The minimum Gasteiger partial charge on any atom is -0.871 e. The number of benzene rings is 1. The van der Waals surface area contributed by atoms with Gasteiger partial charge in [-0.15, -0.1) is 6.58 Å². The van der Waals surface area contributed by atoms with Crippen LogP contribution >= 0.6 is 12.2 Å². The maximum Gasteiger partial charge on any atom is 0.271 e. The highest BCUT2D eigenvalue weighted by molar-refractivity contribution is 7.80. The fourth-order valence-corrected chi connectivity index (χ4v) is 1.25. The molecule has 0 heterocycles. The Bertz CT molecular complexity index is 462. The molecular weight excluding hydrogens is 242 g/mol. The van der Waals surface area contributed by atoms with Crippen LogP contribution in [-0.4, -0.2) is 16.6 Å². The first-order valence-electron chi connectivity index (χ1n) is 4.66. The molecule has 0 spiro atoms. The van der Waals surface area contributed by atoms with Crippen molar-refractivity contribution in [1.82, 2.24) is 5.32 Å². The van der Waals surface area contributed by atoms with Crippen molar-refractivity contribution in [2.75, 3.05) is 11.9 Å². The van der Waals surface area contributed by atoms with E-state index >= 15 is 0 Å². The monoisotopic (exact) mass is 252 g/mol. The van der Waals surface area contributed by atoms with Crippen molar-refractivity contribution in [3.8, 4) is 5.75 Å². The number of hydrogen-bond donors (Lipinski definition) is 2. The van der Waals surface area contributed by atoms with Crippen molar-refractivity contribution < 1.29 is 10.0 Å². The summed E-state index contributed by atoms with van der Waals surface area (Å²) in [6.45, 7) is 3.93. The number of non-ortho nitro benzene ring substituents is 1. The summed E-state index contributed by atoms with van der Waals surface area (Å²) in [6, 6.07) is 3.41. The Hall–Kier alpha value is -2.15. The number of anilines is 1. The molecule has 6 nitrogen and oxygen atoms in total. The normalized spacial score (nSPS) is 9.41. The first-order valence-corrected chi connectivity index (χ1v) is 5.06. The van der Waals surface area contributed by atoms with E-state index in [0.717, 1.165) is 18.2 Å². The number of hydrogen-bond acceptors (Lipinski definition) is 4. The van der Waals surface area contributed by atoms with Gasteiger partial charge in [0.15, 0.2) is 5.11 Å². The summed E-state index contributed by atoms with van der Waals surface area (Å²) in [5, 5.41) is 27.5. The lowest BCUT2D eigenvalue weighted by molar-refractivity contribution is -0.385. The average molecular weight is 252 g/mol. The van der Waals surface area contributed by atoms with E-state index in [9.17, 15) is 15.2 Å². The third-order valence-electron chi connectivity index (χ3n) is 1.83. The summed E-state index contributed by atoms with van der Waals surface area (Å²) in [4.78, 5) is 9.96. The Morgan fingerprint density at radius 2 is 2.29 bits per heavy atom. The Morgan fingerprint density at radius 1 is 1.59 bits per heavy atom. The van der Waals surface area contributed by atoms with Gasteiger partial charge in [-0.2, -0.15) is 0 Å². The van der Waals surface area contributed by atoms with Gasteiger partial charge in [0.2, 0.25) is 0 Å². The van der Waals surface area contributed by atoms with Crippen LogP contribution < -0.4 is 15.7 Å². The van der Waals surface area contributed by atoms with E-state index in [0.29, 0.717) is 6.54 Å². The fourth-order valence-electron chi connectivity index (χ4n) is 1.06. The SMILES string of the molecule is C=CCNC(=S)Nc1cc([N+](=O)[O-])ccc1[O-]. The number of nitro benzene ring substituents is 1. The molecule has 0 fully saturated rings. The summed E-state index contributed by atoms with van der Waals surface area (Å²) >= 11 is 4.89. The van der Waals surface area contributed by atoms with Gasteiger partial charge in [-0.25, -0.2) is 0 Å². The van der Waals surface area contributed by atoms with E-state index in [1.165, 1.54) is 0 Å². The van der Waals surface area contributed by atoms with Crippen LogP contribution in [0.1, 0.15) is 0 Å². The molecule has 1 aromatic carbocycles. The Kier molecular flexibility index (Phi) is 4.41. The molecule has 0 saturated heterocycles. The van der Waals surface area contributed by atoms with Gasteiger partial charge in [-0.05, 0) is 12.2 Å². The number of nitrogens with zero attached hydrogens (tertiary/aromatic N) is 1. The molecule has 1 rings (SSSR count). The summed E-state index contributed by atoms with van der Waals surface area (Å²) in [6.07, 6.45) is 1.60. The molecule has 90 valence electrons. The molecule has 7 heteroatoms. The lowest BCUT2D eigenvalue weighted by atomic mass is 10.2. The van der Waals surface area contributed by atoms with Crippen LogP contribution in [0.25, 0.3) is 0 Å². The Morgan fingerprint density at radius 3 is 2.88 bits per heavy atom. The molecule has 0 unspecified atom stereocenters. The highest BCUT2D eigenvalue weighted by Gasteiger charge is 2.07. The van der Waals surface area contributed by atoms with E-state index in [1.807, 2.05) is 0 Å².